The molecule has 1 aromatic rings. The molecule has 1 atom stereocenters. The molecule has 2 saturated heterocycles. The number of amides is 4. The van der Waals surface area contributed by atoms with E-state index in [1.807, 2.05) is 0 Å². The summed E-state index contributed by atoms with van der Waals surface area (Å²) in [7, 11) is 0. The second-order valence-corrected chi connectivity index (χ2v) is 6.90. The number of urea groups is 1. The number of carbonyl (C=O) groups excluding carboxylic acids is 3. The minimum Gasteiger partial charge on any atom is -0.379 e. The molecule has 28 heavy (non-hydrogen) atoms. The molecule has 0 radical (unpaired) electrons. The van der Waals surface area contributed by atoms with Gasteiger partial charge < -0.3 is 15.4 Å². The molecule has 8 nitrogen and oxygen atoms in total. The Bertz CT molecular complexity index is 724. The quantitative estimate of drug-likeness (QED) is 0.628. The number of rotatable bonds is 8. The normalized spacial score (nSPS) is 20.3. The molecule has 2 aliphatic heterocycles. The summed E-state index contributed by atoms with van der Waals surface area (Å²) in [5, 5.41) is 5.43. The minimum absolute atomic E-state index is 0.00464. The van der Waals surface area contributed by atoms with Crippen molar-refractivity contribution >= 4 is 17.8 Å². The maximum absolute atomic E-state index is 13.3. The predicted molar refractivity (Wildman–Crippen MR) is 98.8 cm³/mol. The average molecular weight is 392 g/mol. The van der Waals surface area contributed by atoms with Gasteiger partial charge in [-0.05, 0) is 24.1 Å². The van der Waals surface area contributed by atoms with Crippen molar-refractivity contribution in [3.63, 3.8) is 0 Å². The molecule has 1 aromatic carbocycles. The molecule has 2 N–H and O–H groups in total. The van der Waals surface area contributed by atoms with E-state index in [0.717, 1.165) is 24.5 Å². The molecule has 9 heteroatoms. The molecular weight excluding hydrogens is 367 g/mol. The zero-order chi connectivity index (χ0) is 19.9. The third-order valence-corrected chi connectivity index (χ3v) is 4.85. The lowest BCUT2D eigenvalue weighted by molar-refractivity contribution is -0.128. The number of nitrogens with zero attached hydrogens (tertiary/aromatic N) is 2. The fourth-order valence-electron chi connectivity index (χ4n) is 3.28. The van der Waals surface area contributed by atoms with Crippen molar-refractivity contribution in [2.75, 3.05) is 39.4 Å². The Hall–Kier alpha value is -2.52. The second-order valence-electron chi connectivity index (χ2n) is 6.90. The van der Waals surface area contributed by atoms with Gasteiger partial charge in [0.25, 0.3) is 5.91 Å². The van der Waals surface area contributed by atoms with E-state index in [1.54, 1.807) is 6.07 Å². The molecule has 4 amide bonds. The summed E-state index contributed by atoms with van der Waals surface area (Å²) in [4.78, 5) is 39.8. The Balaban J connectivity index is 1.40. The Kier molecular flexibility index (Phi) is 6.94. The van der Waals surface area contributed by atoms with Crippen LogP contribution in [0, 0.1) is 5.82 Å². The Morgan fingerprint density at radius 1 is 1.29 bits per heavy atom. The van der Waals surface area contributed by atoms with E-state index >= 15 is 0 Å². The number of carbonyl (C=O) groups is 3. The maximum atomic E-state index is 13.3. The number of ether oxygens (including phenoxy) is 1. The van der Waals surface area contributed by atoms with Crippen molar-refractivity contribution in [1.29, 1.82) is 0 Å². The summed E-state index contributed by atoms with van der Waals surface area (Å²) in [6.07, 6.45) is 0.376. The van der Waals surface area contributed by atoms with Crippen LogP contribution in [0.1, 0.15) is 18.4 Å². The summed E-state index contributed by atoms with van der Waals surface area (Å²) in [6, 6.07) is 4.52. The fraction of sp³-hybridized carbons (Fsp3) is 0.526. The monoisotopic (exact) mass is 392 g/mol. The molecule has 2 aliphatic rings. The van der Waals surface area contributed by atoms with Gasteiger partial charge in [-0.2, -0.15) is 0 Å². The third kappa shape index (κ3) is 5.49. The highest BCUT2D eigenvalue weighted by atomic mass is 19.1. The van der Waals surface area contributed by atoms with Gasteiger partial charge in [0.2, 0.25) is 5.91 Å². The van der Waals surface area contributed by atoms with Crippen LogP contribution in [0.5, 0.6) is 0 Å². The summed E-state index contributed by atoms with van der Waals surface area (Å²) < 4.78 is 18.6. The van der Waals surface area contributed by atoms with Gasteiger partial charge in [0.05, 0.1) is 19.8 Å². The van der Waals surface area contributed by atoms with Crippen molar-refractivity contribution < 1.29 is 23.5 Å². The lowest BCUT2D eigenvalue weighted by Gasteiger charge is -2.26. The van der Waals surface area contributed by atoms with Crippen molar-refractivity contribution in [3.8, 4) is 0 Å². The highest BCUT2D eigenvalue weighted by Gasteiger charge is 2.37. The van der Waals surface area contributed by atoms with Gasteiger partial charge in [-0.25, -0.2) is 9.18 Å². The van der Waals surface area contributed by atoms with Crippen molar-refractivity contribution in [2.45, 2.75) is 25.4 Å². The molecule has 0 bridgehead atoms. The van der Waals surface area contributed by atoms with E-state index in [9.17, 15) is 18.8 Å². The molecule has 0 aromatic heterocycles. The van der Waals surface area contributed by atoms with Crippen LogP contribution in [0.2, 0.25) is 0 Å². The topological polar surface area (TPSA) is 91.0 Å². The molecule has 2 heterocycles. The number of nitrogens with one attached hydrogen (secondary N) is 2. The highest BCUT2D eigenvalue weighted by Crippen LogP contribution is 2.15. The van der Waals surface area contributed by atoms with Gasteiger partial charge in [0.1, 0.15) is 11.9 Å². The Morgan fingerprint density at radius 3 is 2.82 bits per heavy atom. The summed E-state index contributed by atoms with van der Waals surface area (Å²) in [5.41, 5.74) is 0.532. The predicted octanol–water partition coefficient (Wildman–Crippen LogP) is 0.475. The van der Waals surface area contributed by atoms with Crippen molar-refractivity contribution in [1.82, 2.24) is 20.4 Å². The first-order valence-electron chi connectivity index (χ1n) is 9.46. The largest absolute Gasteiger partial charge is 0.379 e. The fourth-order valence-corrected chi connectivity index (χ4v) is 3.28. The van der Waals surface area contributed by atoms with E-state index in [0.29, 0.717) is 25.3 Å². The van der Waals surface area contributed by atoms with E-state index in [1.165, 1.54) is 18.2 Å². The van der Waals surface area contributed by atoms with Crippen LogP contribution in [-0.2, 0) is 20.9 Å². The van der Waals surface area contributed by atoms with Crippen LogP contribution >= 0.6 is 0 Å². The summed E-state index contributed by atoms with van der Waals surface area (Å²) >= 11 is 0. The first-order valence-corrected chi connectivity index (χ1v) is 9.46. The van der Waals surface area contributed by atoms with Crippen molar-refractivity contribution in [3.05, 3.63) is 35.6 Å². The van der Waals surface area contributed by atoms with E-state index in [2.05, 4.69) is 15.5 Å². The van der Waals surface area contributed by atoms with Crippen LogP contribution in [0.3, 0.4) is 0 Å². The molecule has 0 saturated carbocycles. The smallest absolute Gasteiger partial charge is 0.325 e. The van der Waals surface area contributed by atoms with Gasteiger partial charge >= 0.3 is 6.03 Å². The summed E-state index contributed by atoms with van der Waals surface area (Å²) in [5.74, 6) is -0.968. The number of imide groups is 1. The van der Waals surface area contributed by atoms with Crippen LogP contribution in [0.15, 0.2) is 24.3 Å². The number of morpholine rings is 1. The van der Waals surface area contributed by atoms with Crippen LogP contribution < -0.4 is 10.6 Å². The zero-order valence-corrected chi connectivity index (χ0v) is 15.7. The van der Waals surface area contributed by atoms with Gasteiger partial charge in [0.15, 0.2) is 0 Å². The van der Waals surface area contributed by atoms with Crippen LogP contribution in [0.25, 0.3) is 0 Å². The van der Waals surface area contributed by atoms with Gasteiger partial charge in [-0.3, -0.25) is 19.4 Å². The molecule has 0 aliphatic carbocycles. The molecule has 1 unspecified atom stereocenters. The SMILES string of the molecule is O=C(CCC1NC(=O)N(Cc2cccc(F)c2)C1=O)NCCN1CCOCC1. The average Bonchev–Trinajstić information content (AvgIpc) is 2.95. The molecule has 3 rings (SSSR count). The first kappa shape index (κ1) is 20.2. The summed E-state index contributed by atoms with van der Waals surface area (Å²) in [6.45, 7) is 4.45. The molecule has 2 fully saturated rings. The van der Waals surface area contributed by atoms with Gasteiger partial charge in [-0.1, -0.05) is 12.1 Å². The number of hydrogen-bond donors (Lipinski definition) is 2. The molecule has 0 spiro atoms. The van der Waals surface area contributed by atoms with Gasteiger partial charge in [0, 0.05) is 32.6 Å². The lowest BCUT2D eigenvalue weighted by Crippen LogP contribution is -2.41. The number of benzene rings is 1. The van der Waals surface area contributed by atoms with Crippen LogP contribution in [-0.4, -0.2) is 73.1 Å². The van der Waals surface area contributed by atoms with E-state index < -0.39 is 23.8 Å². The molecular formula is C19H25FN4O4. The standard InChI is InChI=1S/C19H25FN4O4/c20-15-3-1-2-14(12-15)13-24-18(26)16(22-19(24)27)4-5-17(25)21-6-7-23-8-10-28-11-9-23/h1-3,12,16H,4-11,13H2,(H,21,25)(H,22,27). The Morgan fingerprint density at radius 2 is 2.07 bits per heavy atom. The van der Waals surface area contributed by atoms with E-state index in [-0.39, 0.29) is 25.3 Å². The number of halogens is 1. The van der Waals surface area contributed by atoms with E-state index in [4.69, 9.17) is 4.74 Å². The lowest BCUT2D eigenvalue weighted by atomic mass is 10.1. The van der Waals surface area contributed by atoms with Gasteiger partial charge in [-0.15, -0.1) is 0 Å². The maximum Gasteiger partial charge on any atom is 0.325 e. The minimum atomic E-state index is -0.731. The molecule has 152 valence electrons. The number of hydrogen-bond acceptors (Lipinski definition) is 5. The second kappa shape index (κ2) is 9.61. The third-order valence-electron chi connectivity index (χ3n) is 4.85. The zero-order valence-electron chi connectivity index (χ0n) is 15.7. The highest BCUT2D eigenvalue weighted by molar-refractivity contribution is 6.04. The Labute approximate surface area is 163 Å². The first-order chi connectivity index (χ1) is 13.5. The van der Waals surface area contributed by atoms with Crippen LogP contribution in [0.4, 0.5) is 9.18 Å². The van der Waals surface area contributed by atoms with Crippen molar-refractivity contribution in [2.24, 2.45) is 0 Å².